The van der Waals surface area contributed by atoms with E-state index in [1.807, 2.05) is 26.0 Å². The van der Waals surface area contributed by atoms with Gasteiger partial charge in [0.1, 0.15) is 0 Å². The Bertz CT molecular complexity index is 959. The van der Waals surface area contributed by atoms with Crippen LogP contribution in [0.25, 0.3) is 10.9 Å². The maximum Gasteiger partial charge on any atom is 0.324 e. The van der Waals surface area contributed by atoms with Gasteiger partial charge >= 0.3 is 6.03 Å². The summed E-state index contributed by atoms with van der Waals surface area (Å²) < 4.78 is 7.18. The van der Waals surface area contributed by atoms with Crippen LogP contribution in [-0.4, -0.2) is 57.4 Å². The summed E-state index contributed by atoms with van der Waals surface area (Å²) in [4.78, 5) is 43.3. The van der Waals surface area contributed by atoms with E-state index >= 15 is 0 Å². The number of ether oxygens (including phenoxy) is 1. The maximum absolute atomic E-state index is 13.0. The Morgan fingerprint density at radius 1 is 1.28 bits per heavy atom. The van der Waals surface area contributed by atoms with Gasteiger partial charge in [-0.15, -0.1) is 0 Å². The van der Waals surface area contributed by atoms with Crippen LogP contribution in [-0.2, 0) is 16.1 Å². The number of carbonyl (C=O) groups is 2. The third-order valence-electron chi connectivity index (χ3n) is 4.56. The van der Waals surface area contributed by atoms with Crippen LogP contribution in [0, 0.1) is 0 Å². The van der Waals surface area contributed by atoms with Gasteiger partial charge in [0.05, 0.1) is 22.3 Å². The van der Waals surface area contributed by atoms with Crippen LogP contribution in [0.2, 0.25) is 0 Å². The van der Waals surface area contributed by atoms with E-state index in [9.17, 15) is 14.4 Å². The Balaban J connectivity index is 1.86. The fraction of sp³-hybridized carbons (Fsp3) is 0.500. The lowest BCUT2D eigenvalue weighted by molar-refractivity contribution is -0.126. The zero-order valence-corrected chi connectivity index (χ0v) is 17.7. The first-order chi connectivity index (χ1) is 13.9. The number of urea groups is 1. The molecule has 0 bridgehead atoms. The maximum atomic E-state index is 13.0. The number of fused-ring (bicyclic) bond motifs is 1. The first kappa shape index (κ1) is 21.3. The zero-order valence-electron chi connectivity index (χ0n) is 16.9. The Hall–Kier alpha value is -2.39. The van der Waals surface area contributed by atoms with Crippen LogP contribution in [0.15, 0.2) is 34.2 Å². The van der Waals surface area contributed by atoms with Crippen LogP contribution in [0.4, 0.5) is 4.79 Å². The number of amides is 3. The number of rotatable bonds is 8. The molecule has 2 heterocycles. The minimum absolute atomic E-state index is 0.125. The number of nitrogens with zero attached hydrogens (tertiary/aromatic N) is 3. The summed E-state index contributed by atoms with van der Waals surface area (Å²) in [7, 11) is 0. The third kappa shape index (κ3) is 4.97. The largest absolute Gasteiger partial charge is 0.379 e. The first-order valence-electron chi connectivity index (χ1n) is 9.75. The van der Waals surface area contributed by atoms with Gasteiger partial charge in [0, 0.05) is 26.2 Å². The van der Waals surface area contributed by atoms with Crippen molar-refractivity contribution < 1.29 is 14.3 Å². The van der Waals surface area contributed by atoms with Gasteiger partial charge in [0.25, 0.3) is 5.56 Å². The van der Waals surface area contributed by atoms with Crippen molar-refractivity contribution in [1.29, 1.82) is 0 Å². The van der Waals surface area contributed by atoms with Gasteiger partial charge in [-0.05, 0) is 39.3 Å². The molecule has 3 amide bonds. The highest BCUT2D eigenvalue weighted by Gasteiger charge is 2.31. The van der Waals surface area contributed by atoms with Crippen molar-refractivity contribution in [2.24, 2.45) is 0 Å². The summed E-state index contributed by atoms with van der Waals surface area (Å²) in [5.74, 6) is -0.290. The molecule has 1 saturated heterocycles. The number of carbonyl (C=O) groups excluding carboxylic acids is 2. The average molecular weight is 419 g/mol. The Labute approximate surface area is 173 Å². The smallest absolute Gasteiger partial charge is 0.324 e. The molecule has 156 valence electrons. The molecule has 0 spiro atoms. The lowest BCUT2D eigenvalue weighted by Crippen LogP contribution is -2.39. The predicted octanol–water partition coefficient (Wildman–Crippen LogP) is 2.24. The number of benzene rings is 1. The van der Waals surface area contributed by atoms with Gasteiger partial charge in [-0.1, -0.05) is 23.9 Å². The average Bonchev–Trinajstić information content (AvgIpc) is 3.12. The Morgan fingerprint density at radius 3 is 2.72 bits per heavy atom. The van der Waals surface area contributed by atoms with Crippen LogP contribution in [0.5, 0.6) is 0 Å². The van der Waals surface area contributed by atoms with Crippen molar-refractivity contribution in [3.05, 3.63) is 34.6 Å². The van der Waals surface area contributed by atoms with Gasteiger partial charge in [-0.3, -0.25) is 19.1 Å². The molecule has 1 aromatic carbocycles. The number of nitrogens with one attached hydrogen (secondary N) is 1. The zero-order chi connectivity index (χ0) is 21.0. The molecule has 1 fully saturated rings. The van der Waals surface area contributed by atoms with E-state index in [1.165, 1.54) is 16.7 Å². The molecule has 1 N–H and O–H groups in total. The predicted molar refractivity (Wildman–Crippen MR) is 112 cm³/mol. The topological polar surface area (TPSA) is 93.5 Å². The minimum atomic E-state index is -0.551. The van der Waals surface area contributed by atoms with Crippen molar-refractivity contribution in [1.82, 2.24) is 19.8 Å². The molecule has 1 aromatic heterocycles. The lowest BCUT2D eigenvalue weighted by atomic mass is 10.2. The number of aromatic nitrogens is 2. The standard InChI is InChI=1S/C20H26N4O4S/c1-13(2)28-12-6-10-24-18(26)15-7-4-5-8-16(15)22-20(24)29-14(3)17(25)23-11-9-21-19(23)27/h4-5,7-8,13-14H,6,9-12H2,1-3H3,(H,21,27). The molecule has 1 aliphatic heterocycles. The monoisotopic (exact) mass is 418 g/mol. The highest BCUT2D eigenvalue weighted by molar-refractivity contribution is 8.00. The number of thioether (sulfide) groups is 1. The molecular formula is C20H26N4O4S. The molecule has 8 nitrogen and oxygen atoms in total. The Morgan fingerprint density at radius 2 is 2.03 bits per heavy atom. The molecule has 1 aliphatic rings. The fourth-order valence-corrected chi connectivity index (χ4v) is 4.08. The van der Waals surface area contributed by atoms with Gasteiger partial charge < -0.3 is 10.1 Å². The van der Waals surface area contributed by atoms with E-state index < -0.39 is 5.25 Å². The van der Waals surface area contributed by atoms with Gasteiger partial charge in [-0.25, -0.2) is 9.78 Å². The van der Waals surface area contributed by atoms with E-state index in [4.69, 9.17) is 4.74 Å². The second-order valence-corrected chi connectivity index (χ2v) is 8.43. The van der Waals surface area contributed by atoms with E-state index in [0.29, 0.717) is 48.7 Å². The fourth-order valence-electron chi connectivity index (χ4n) is 3.09. The highest BCUT2D eigenvalue weighted by Crippen LogP contribution is 2.24. The molecule has 3 rings (SSSR count). The lowest BCUT2D eigenvalue weighted by Gasteiger charge is -2.19. The van der Waals surface area contributed by atoms with Crippen LogP contribution >= 0.6 is 11.8 Å². The second-order valence-electron chi connectivity index (χ2n) is 7.12. The SMILES string of the molecule is CC(C)OCCCn1c(SC(C)C(=O)N2CCNC2=O)nc2ccccc2c1=O. The van der Waals surface area contributed by atoms with Crippen molar-refractivity contribution >= 4 is 34.6 Å². The van der Waals surface area contributed by atoms with E-state index in [2.05, 4.69) is 10.3 Å². The van der Waals surface area contributed by atoms with Gasteiger partial charge in [-0.2, -0.15) is 0 Å². The van der Waals surface area contributed by atoms with E-state index in [0.717, 1.165) is 0 Å². The molecule has 9 heteroatoms. The highest BCUT2D eigenvalue weighted by atomic mass is 32.2. The van der Waals surface area contributed by atoms with Crippen molar-refractivity contribution in [2.75, 3.05) is 19.7 Å². The van der Waals surface area contributed by atoms with Gasteiger partial charge in [0.2, 0.25) is 5.91 Å². The van der Waals surface area contributed by atoms with E-state index in [-0.39, 0.29) is 23.6 Å². The summed E-state index contributed by atoms with van der Waals surface area (Å²) in [5, 5.41) is 3.09. The number of hydrogen-bond donors (Lipinski definition) is 1. The normalized spacial score (nSPS) is 15.2. The van der Waals surface area contributed by atoms with Crippen molar-refractivity contribution in [3.8, 4) is 0 Å². The molecule has 0 radical (unpaired) electrons. The number of imide groups is 1. The molecule has 0 saturated carbocycles. The number of hydrogen-bond acceptors (Lipinski definition) is 6. The quantitative estimate of drug-likeness (QED) is 0.401. The van der Waals surface area contributed by atoms with Gasteiger partial charge in [0.15, 0.2) is 5.16 Å². The molecule has 1 unspecified atom stereocenters. The summed E-state index contributed by atoms with van der Waals surface area (Å²) in [6, 6.07) is 6.80. The van der Waals surface area contributed by atoms with Crippen LogP contribution in [0.3, 0.4) is 0 Å². The molecular weight excluding hydrogens is 392 g/mol. The molecule has 2 aromatic rings. The summed E-state index contributed by atoms with van der Waals surface area (Å²) in [6.07, 6.45) is 0.780. The minimum Gasteiger partial charge on any atom is -0.379 e. The molecule has 1 atom stereocenters. The van der Waals surface area contributed by atoms with Crippen LogP contribution < -0.4 is 10.9 Å². The third-order valence-corrected chi connectivity index (χ3v) is 5.63. The van der Waals surface area contributed by atoms with Crippen molar-refractivity contribution in [3.63, 3.8) is 0 Å². The summed E-state index contributed by atoms with van der Waals surface area (Å²) in [5.41, 5.74) is 0.453. The first-order valence-corrected chi connectivity index (χ1v) is 10.6. The number of para-hydroxylation sites is 1. The molecule has 29 heavy (non-hydrogen) atoms. The van der Waals surface area contributed by atoms with E-state index in [1.54, 1.807) is 23.6 Å². The van der Waals surface area contributed by atoms with Crippen LogP contribution in [0.1, 0.15) is 27.2 Å². The second kappa shape index (κ2) is 9.41. The van der Waals surface area contributed by atoms with Crippen molar-refractivity contribution in [2.45, 2.75) is 50.2 Å². The Kier molecular flexibility index (Phi) is 6.92. The summed E-state index contributed by atoms with van der Waals surface area (Å²) >= 11 is 1.20. The summed E-state index contributed by atoms with van der Waals surface area (Å²) in [6.45, 7) is 7.44. The molecule has 0 aliphatic carbocycles.